The molecule has 0 atom stereocenters. The summed E-state index contributed by atoms with van der Waals surface area (Å²) in [4.78, 5) is 11.2. The second-order valence-electron chi connectivity index (χ2n) is 3.00. The minimum absolute atomic E-state index is 0.0764. The van der Waals surface area contributed by atoms with Crippen LogP contribution < -0.4 is 0 Å². The molecule has 0 bridgehead atoms. The van der Waals surface area contributed by atoms with Crippen LogP contribution in [0.3, 0.4) is 0 Å². The zero-order chi connectivity index (χ0) is 12.0. The van der Waals surface area contributed by atoms with Crippen molar-refractivity contribution >= 4 is 23.0 Å². The molecule has 3 nitrogen and oxygen atoms in total. The van der Waals surface area contributed by atoms with Gasteiger partial charge >= 0.3 is 0 Å². The second kappa shape index (κ2) is 6.02. The lowest BCUT2D eigenvalue weighted by Crippen LogP contribution is -1.85. The van der Waals surface area contributed by atoms with Crippen molar-refractivity contribution < 1.29 is 15.0 Å². The molecule has 1 aromatic carbocycles. The molecule has 0 radical (unpaired) electrons. The van der Waals surface area contributed by atoms with Gasteiger partial charge in [-0.2, -0.15) is 0 Å². The number of thioether (sulfide) groups is 1. The number of phenols is 2. The summed E-state index contributed by atoms with van der Waals surface area (Å²) >= 11 is 1.15. The predicted molar refractivity (Wildman–Crippen MR) is 66.5 cm³/mol. The first-order valence-electron chi connectivity index (χ1n) is 4.61. The molecule has 0 heterocycles. The smallest absolute Gasteiger partial charge is 0.212 e. The molecule has 0 amide bonds. The summed E-state index contributed by atoms with van der Waals surface area (Å²) in [6.07, 6.45) is 4.65. The van der Waals surface area contributed by atoms with Gasteiger partial charge in [-0.1, -0.05) is 30.0 Å². The summed E-state index contributed by atoms with van der Waals surface area (Å²) in [7, 11) is 0. The molecule has 0 saturated carbocycles. The van der Waals surface area contributed by atoms with E-state index >= 15 is 0 Å². The van der Waals surface area contributed by atoms with Crippen LogP contribution in [0.2, 0.25) is 0 Å². The molecule has 0 unspecified atom stereocenters. The third-order valence-corrected chi connectivity index (χ3v) is 2.58. The van der Waals surface area contributed by atoms with E-state index in [1.807, 2.05) is 0 Å². The number of hydrogen-bond donors (Lipinski definition) is 2. The maximum atomic E-state index is 11.2. The fraction of sp³-hybridized carbons (Fsp3) is 0.0833. The van der Waals surface area contributed by atoms with Crippen LogP contribution in [-0.4, -0.2) is 21.1 Å². The van der Waals surface area contributed by atoms with Gasteiger partial charge in [-0.3, -0.25) is 4.79 Å². The van der Waals surface area contributed by atoms with Gasteiger partial charge in [-0.25, -0.2) is 0 Å². The standard InChI is InChI=1S/C12H12O3S/c1-2-7-16-12(15)6-4-9-3-5-10(13)11(14)8-9/h2-6,8,13-14H,1,7H2/b6-4+. The van der Waals surface area contributed by atoms with Crippen LogP contribution in [0.5, 0.6) is 11.5 Å². The minimum Gasteiger partial charge on any atom is -0.504 e. The lowest BCUT2D eigenvalue weighted by atomic mass is 10.2. The highest BCUT2D eigenvalue weighted by molar-refractivity contribution is 8.14. The Morgan fingerprint density at radius 2 is 2.12 bits per heavy atom. The molecular weight excluding hydrogens is 224 g/mol. The van der Waals surface area contributed by atoms with E-state index in [1.54, 1.807) is 18.2 Å². The Morgan fingerprint density at radius 3 is 2.75 bits per heavy atom. The van der Waals surface area contributed by atoms with E-state index in [-0.39, 0.29) is 16.6 Å². The Labute approximate surface area is 98.1 Å². The number of carbonyl (C=O) groups excluding carboxylic acids is 1. The molecule has 1 aromatic rings. The summed E-state index contributed by atoms with van der Waals surface area (Å²) in [5, 5.41) is 18.2. The second-order valence-corrected chi connectivity index (χ2v) is 4.02. The maximum absolute atomic E-state index is 11.2. The highest BCUT2D eigenvalue weighted by atomic mass is 32.2. The van der Waals surface area contributed by atoms with Crippen LogP contribution >= 0.6 is 11.8 Å². The van der Waals surface area contributed by atoms with E-state index in [0.717, 1.165) is 11.8 Å². The Morgan fingerprint density at radius 1 is 1.38 bits per heavy atom. The van der Waals surface area contributed by atoms with Crippen molar-refractivity contribution in [3.8, 4) is 11.5 Å². The summed E-state index contributed by atoms with van der Waals surface area (Å²) in [6, 6.07) is 4.37. The molecule has 84 valence electrons. The summed E-state index contributed by atoms with van der Waals surface area (Å²) in [5.74, 6) is 0.196. The van der Waals surface area contributed by atoms with Crippen molar-refractivity contribution in [2.75, 3.05) is 5.75 Å². The van der Waals surface area contributed by atoms with Gasteiger partial charge in [0, 0.05) is 5.75 Å². The van der Waals surface area contributed by atoms with E-state index in [0.29, 0.717) is 11.3 Å². The monoisotopic (exact) mass is 236 g/mol. The molecule has 0 fully saturated rings. The summed E-state index contributed by atoms with van der Waals surface area (Å²) < 4.78 is 0. The quantitative estimate of drug-likeness (QED) is 0.479. The van der Waals surface area contributed by atoms with E-state index < -0.39 is 0 Å². The van der Waals surface area contributed by atoms with Crippen molar-refractivity contribution in [1.29, 1.82) is 0 Å². The van der Waals surface area contributed by atoms with Gasteiger partial charge in [0.05, 0.1) is 0 Å². The average Bonchev–Trinajstić information content (AvgIpc) is 2.28. The molecular formula is C12H12O3S. The van der Waals surface area contributed by atoms with Gasteiger partial charge in [-0.15, -0.1) is 6.58 Å². The van der Waals surface area contributed by atoms with E-state index in [4.69, 9.17) is 5.11 Å². The topological polar surface area (TPSA) is 57.5 Å². The first-order chi connectivity index (χ1) is 7.63. The average molecular weight is 236 g/mol. The van der Waals surface area contributed by atoms with Crippen molar-refractivity contribution in [3.63, 3.8) is 0 Å². The van der Waals surface area contributed by atoms with Crippen molar-refractivity contribution in [2.45, 2.75) is 0 Å². The molecule has 4 heteroatoms. The van der Waals surface area contributed by atoms with E-state index in [2.05, 4.69) is 6.58 Å². The highest BCUT2D eigenvalue weighted by Gasteiger charge is 1.99. The number of hydrogen-bond acceptors (Lipinski definition) is 4. The Bertz CT molecular complexity index is 424. The zero-order valence-electron chi connectivity index (χ0n) is 8.59. The number of rotatable bonds is 4. The van der Waals surface area contributed by atoms with Crippen LogP contribution in [-0.2, 0) is 4.79 Å². The van der Waals surface area contributed by atoms with Crippen molar-refractivity contribution in [2.24, 2.45) is 0 Å². The van der Waals surface area contributed by atoms with Gasteiger partial charge in [0.25, 0.3) is 0 Å². The first kappa shape index (κ1) is 12.4. The Hall–Kier alpha value is -1.68. The SMILES string of the molecule is C=CCSC(=O)/C=C/c1ccc(O)c(O)c1. The molecule has 0 spiro atoms. The van der Waals surface area contributed by atoms with Gasteiger partial charge < -0.3 is 10.2 Å². The van der Waals surface area contributed by atoms with E-state index in [1.165, 1.54) is 18.2 Å². The number of benzene rings is 1. The van der Waals surface area contributed by atoms with Crippen LogP contribution in [0.15, 0.2) is 36.9 Å². The fourth-order valence-electron chi connectivity index (χ4n) is 0.998. The zero-order valence-corrected chi connectivity index (χ0v) is 9.41. The lowest BCUT2D eigenvalue weighted by molar-refractivity contribution is -0.106. The third kappa shape index (κ3) is 3.82. The van der Waals surface area contributed by atoms with Crippen LogP contribution in [0.4, 0.5) is 0 Å². The highest BCUT2D eigenvalue weighted by Crippen LogP contribution is 2.25. The number of phenolic OH excluding ortho intramolecular Hbond substituents is 2. The molecule has 2 N–H and O–H groups in total. The number of aromatic hydroxyl groups is 2. The third-order valence-electron chi connectivity index (χ3n) is 1.75. The van der Waals surface area contributed by atoms with Crippen LogP contribution in [0.1, 0.15) is 5.56 Å². The molecule has 1 rings (SSSR count). The predicted octanol–water partition coefficient (Wildman–Crippen LogP) is 2.56. The van der Waals surface area contributed by atoms with Crippen LogP contribution in [0.25, 0.3) is 6.08 Å². The summed E-state index contributed by atoms with van der Waals surface area (Å²) in [5.41, 5.74) is 0.655. The molecule has 0 saturated heterocycles. The van der Waals surface area contributed by atoms with Gasteiger partial charge in [0.1, 0.15) is 0 Å². The normalized spacial score (nSPS) is 10.5. The number of carbonyl (C=O) groups is 1. The fourth-order valence-corrected chi connectivity index (χ4v) is 1.44. The molecule has 16 heavy (non-hydrogen) atoms. The van der Waals surface area contributed by atoms with Crippen molar-refractivity contribution in [3.05, 3.63) is 42.5 Å². The largest absolute Gasteiger partial charge is 0.504 e. The van der Waals surface area contributed by atoms with Crippen molar-refractivity contribution in [1.82, 2.24) is 0 Å². The molecule has 0 aliphatic heterocycles. The van der Waals surface area contributed by atoms with Gasteiger partial charge in [0.2, 0.25) is 5.12 Å². The van der Waals surface area contributed by atoms with Gasteiger partial charge in [-0.05, 0) is 23.8 Å². The van der Waals surface area contributed by atoms with E-state index in [9.17, 15) is 9.90 Å². The first-order valence-corrected chi connectivity index (χ1v) is 5.59. The minimum atomic E-state index is -0.201. The maximum Gasteiger partial charge on any atom is 0.212 e. The molecule has 0 aromatic heterocycles. The Kier molecular flexibility index (Phi) is 4.66. The lowest BCUT2D eigenvalue weighted by Gasteiger charge is -1.98. The van der Waals surface area contributed by atoms with Crippen LogP contribution in [0, 0.1) is 0 Å². The van der Waals surface area contributed by atoms with Gasteiger partial charge in [0.15, 0.2) is 11.5 Å². The molecule has 0 aliphatic carbocycles. The molecule has 0 aliphatic rings. The Balaban J connectivity index is 2.65. The summed E-state index contributed by atoms with van der Waals surface area (Å²) in [6.45, 7) is 3.51.